The topological polar surface area (TPSA) is 28.7 Å². The molecule has 2 heteroatoms. The molecule has 2 heterocycles. The Hall–Kier alpha value is -2.87. The van der Waals surface area contributed by atoms with E-state index in [1.54, 1.807) is 0 Å². The van der Waals surface area contributed by atoms with Crippen LogP contribution in [-0.4, -0.2) is 9.97 Å². The maximum atomic E-state index is 4.88. The van der Waals surface area contributed by atoms with Crippen molar-refractivity contribution < 1.29 is 0 Å². The molecule has 4 rings (SSSR count). The highest BCUT2D eigenvalue weighted by atomic mass is 14.7. The molecule has 0 amide bonds. The molecule has 1 N–H and O–H groups in total. The predicted molar refractivity (Wildman–Crippen MR) is 98.6 cm³/mol. The Morgan fingerprint density at radius 2 is 1.70 bits per heavy atom. The summed E-state index contributed by atoms with van der Waals surface area (Å²) in [6, 6.07) is 14.9. The molecule has 112 valence electrons. The van der Waals surface area contributed by atoms with E-state index in [9.17, 15) is 0 Å². The molecule has 0 atom stereocenters. The molecule has 2 aromatic heterocycles. The standard InChI is InChI=1S/C21H18N2/c1-4-15-11-21(23-20-8-6-13(2)9-16(15)20)18-12-22-19-7-5-14(3)10-17(18)19/h4-12,22H,1H2,2-3H3. The number of nitrogens with one attached hydrogen (secondary N) is 1. The van der Waals surface area contributed by atoms with Crippen molar-refractivity contribution in [1.82, 2.24) is 9.97 Å². The third-order valence-electron chi connectivity index (χ3n) is 4.33. The van der Waals surface area contributed by atoms with Gasteiger partial charge in [0.2, 0.25) is 0 Å². The van der Waals surface area contributed by atoms with E-state index < -0.39 is 0 Å². The van der Waals surface area contributed by atoms with Crippen molar-refractivity contribution in [3.8, 4) is 11.3 Å². The van der Waals surface area contributed by atoms with Gasteiger partial charge in [0.05, 0.1) is 11.2 Å². The monoisotopic (exact) mass is 298 g/mol. The second kappa shape index (κ2) is 5.10. The number of aryl methyl sites for hydroxylation is 2. The van der Waals surface area contributed by atoms with Gasteiger partial charge in [0.15, 0.2) is 0 Å². The predicted octanol–water partition coefficient (Wildman–Crippen LogP) is 5.64. The summed E-state index contributed by atoms with van der Waals surface area (Å²) in [5, 5.41) is 2.36. The number of nitrogens with zero attached hydrogens (tertiary/aromatic N) is 1. The van der Waals surface area contributed by atoms with Crippen LogP contribution < -0.4 is 0 Å². The van der Waals surface area contributed by atoms with Gasteiger partial charge in [0, 0.05) is 28.0 Å². The molecule has 0 radical (unpaired) electrons. The summed E-state index contributed by atoms with van der Waals surface area (Å²) >= 11 is 0. The minimum atomic E-state index is 0.980. The van der Waals surface area contributed by atoms with Crippen molar-refractivity contribution in [2.45, 2.75) is 13.8 Å². The lowest BCUT2D eigenvalue weighted by atomic mass is 10.0. The third-order valence-corrected chi connectivity index (χ3v) is 4.33. The van der Waals surface area contributed by atoms with Crippen LogP contribution in [0.5, 0.6) is 0 Å². The van der Waals surface area contributed by atoms with Crippen molar-refractivity contribution in [2.24, 2.45) is 0 Å². The van der Waals surface area contributed by atoms with Crippen LogP contribution in [0.25, 0.3) is 39.1 Å². The lowest BCUT2D eigenvalue weighted by molar-refractivity contribution is 1.38. The van der Waals surface area contributed by atoms with E-state index in [2.05, 4.69) is 67.9 Å². The van der Waals surface area contributed by atoms with E-state index >= 15 is 0 Å². The zero-order valence-corrected chi connectivity index (χ0v) is 13.4. The highest BCUT2D eigenvalue weighted by Gasteiger charge is 2.10. The fraction of sp³-hybridized carbons (Fsp3) is 0.0952. The molecule has 0 aliphatic rings. The number of rotatable bonds is 2. The van der Waals surface area contributed by atoms with E-state index in [1.807, 2.05) is 12.3 Å². The van der Waals surface area contributed by atoms with Gasteiger partial charge in [-0.2, -0.15) is 0 Å². The van der Waals surface area contributed by atoms with Gasteiger partial charge in [0.1, 0.15) is 0 Å². The normalized spacial score (nSPS) is 11.2. The molecule has 2 nitrogen and oxygen atoms in total. The number of aromatic amines is 1. The number of hydrogen-bond donors (Lipinski definition) is 1. The van der Waals surface area contributed by atoms with Crippen molar-refractivity contribution in [3.63, 3.8) is 0 Å². The molecule has 23 heavy (non-hydrogen) atoms. The lowest BCUT2D eigenvalue weighted by Gasteiger charge is -2.07. The van der Waals surface area contributed by atoms with Crippen LogP contribution in [0.15, 0.2) is 55.2 Å². The van der Waals surface area contributed by atoms with Crippen molar-refractivity contribution in [3.05, 3.63) is 71.9 Å². The molecule has 0 aliphatic heterocycles. The first kappa shape index (κ1) is 13.8. The smallest absolute Gasteiger partial charge is 0.0737 e. The summed E-state index contributed by atoms with van der Waals surface area (Å²) in [7, 11) is 0. The van der Waals surface area contributed by atoms with E-state index in [0.29, 0.717) is 0 Å². The van der Waals surface area contributed by atoms with Crippen LogP contribution in [-0.2, 0) is 0 Å². The number of benzene rings is 2. The Balaban J connectivity index is 2.03. The second-order valence-corrected chi connectivity index (χ2v) is 6.07. The Morgan fingerprint density at radius 1 is 0.957 bits per heavy atom. The summed E-state index contributed by atoms with van der Waals surface area (Å²) in [6.45, 7) is 8.19. The van der Waals surface area contributed by atoms with Gasteiger partial charge >= 0.3 is 0 Å². The maximum absolute atomic E-state index is 4.88. The molecule has 0 unspecified atom stereocenters. The zero-order chi connectivity index (χ0) is 16.0. The van der Waals surface area contributed by atoms with Gasteiger partial charge in [-0.15, -0.1) is 0 Å². The first-order chi connectivity index (χ1) is 11.2. The Morgan fingerprint density at radius 3 is 2.48 bits per heavy atom. The van der Waals surface area contributed by atoms with E-state index in [1.165, 1.54) is 16.5 Å². The lowest BCUT2D eigenvalue weighted by Crippen LogP contribution is -1.89. The zero-order valence-electron chi connectivity index (χ0n) is 13.4. The third kappa shape index (κ3) is 2.23. The summed E-state index contributed by atoms with van der Waals surface area (Å²) in [5.74, 6) is 0. The quantitative estimate of drug-likeness (QED) is 0.509. The molecule has 0 fully saturated rings. The van der Waals surface area contributed by atoms with Crippen molar-refractivity contribution in [1.29, 1.82) is 0 Å². The van der Waals surface area contributed by atoms with Crippen molar-refractivity contribution in [2.75, 3.05) is 0 Å². The van der Waals surface area contributed by atoms with Gasteiger partial charge in [-0.3, -0.25) is 0 Å². The van der Waals surface area contributed by atoms with Gasteiger partial charge in [0.25, 0.3) is 0 Å². The molecule has 0 saturated carbocycles. The second-order valence-electron chi connectivity index (χ2n) is 6.07. The molecule has 2 aromatic carbocycles. The number of fused-ring (bicyclic) bond motifs is 2. The minimum absolute atomic E-state index is 0.980. The SMILES string of the molecule is C=Cc1cc(-c2c[nH]c3ccc(C)cc23)nc2ccc(C)cc12. The molecule has 4 aromatic rings. The molecular weight excluding hydrogens is 280 g/mol. The van der Waals surface area contributed by atoms with Crippen LogP contribution in [0.1, 0.15) is 16.7 Å². The Bertz CT molecular complexity index is 1050. The van der Waals surface area contributed by atoms with Crippen molar-refractivity contribution >= 4 is 27.9 Å². The largest absolute Gasteiger partial charge is 0.360 e. The highest BCUT2D eigenvalue weighted by molar-refractivity contribution is 5.98. The fourth-order valence-electron chi connectivity index (χ4n) is 3.12. The molecule has 0 bridgehead atoms. The van der Waals surface area contributed by atoms with Gasteiger partial charge in [-0.05, 0) is 49.7 Å². The van der Waals surface area contributed by atoms with Crippen LogP contribution in [0, 0.1) is 13.8 Å². The summed E-state index contributed by atoms with van der Waals surface area (Å²) in [6.07, 6.45) is 3.95. The van der Waals surface area contributed by atoms with Gasteiger partial charge in [-0.1, -0.05) is 35.9 Å². The molecule has 0 saturated heterocycles. The van der Waals surface area contributed by atoms with E-state index in [4.69, 9.17) is 4.98 Å². The Kier molecular flexibility index (Phi) is 3.05. The summed E-state index contributed by atoms with van der Waals surface area (Å²) in [5.41, 5.74) is 7.86. The summed E-state index contributed by atoms with van der Waals surface area (Å²) in [4.78, 5) is 8.22. The number of aromatic nitrogens is 2. The van der Waals surface area contributed by atoms with Crippen LogP contribution >= 0.6 is 0 Å². The van der Waals surface area contributed by atoms with Crippen LogP contribution in [0.2, 0.25) is 0 Å². The average Bonchev–Trinajstić information content (AvgIpc) is 2.97. The first-order valence-corrected chi connectivity index (χ1v) is 7.77. The summed E-state index contributed by atoms with van der Waals surface area (Å²) < 4.78 is 0. The first-order valence-electron chi connectivity index (χ1n) is 7.77. The van der Waals surface area contributed by atoms with Gasteiger partial charge in [-0.25, -0.2) is 4.98 Å². The van der Waals surface area contributed by atoms with E-state index in [0.717, 1.165) is 33.2 Å². The molecule has 0 aliphatic carbocycles. The molecular formula is C21H18N2. The number of hydrogen-bond acceptors (Lipinski definition) is 1. The van der Waals surface area contributed by atoms with E-state index in [-0.39, 0.29) is 0 Å². The Labute approximate surface area is 135 Å². The van der Waals surface area contributed by atoms with Gasteiger partial charge < -0.3 is 4.98 Å². The van der Waals surface area contributed by atoms with Crippen LogP contribution in [0.4, 0.5) is 0 Å². The highest BCUT2D eigenvalue weighted by Crippen LogP contribution is 2.31. The van der Waals surface area contributed by atoms with Crippen LogP contribution in [0.3, 0.4) is 0 Å². The fourth-order valence-corrected chi connectivity index (χ4v) is 3.12. The maximum Gasteiger partial charge on any atom is 0.0737 e. The minimum Gasteiger partial charge on any atom is -0.360 e. The number of H-pyrrole nitrogens is 1. The molecule has 0 spiro atoms. The average molecular weight is 298 g/mol. The number of pyridine rings is 1.